The van der Waals surface area contributed by atoms with Crippen molar-refractivity contribution in [2.45, 2.75) is 31.7 Å². The maximum absolute atomic E-state index is 11.8. The standard InChI is InChI=1S/C13H15ClN2O2/c14-11-8-4-3-7-10(11)12(17)16-13(18)15-9-5-1-2-6-9/h3-4,7-9H,1-2,5-6H2,(H2,15,16,17,18). The number of halogens is 1. The smallest absolute Gasteiger partial charge is 0.321 e. The molecule has 0 atom stereocenters. The summed E-state index contributed by atoms with van der Waals surface area (Å²) in [5.74, 6) is -0.476. The van der Waals surface area contributed by atoms with Crippen LogP contribution in [0.4, 0.5) is 4.79 Å². The van der Waals surface area contributed by atoms with Crippen LogP contribution >= 0.6 is 11.6 Å². The molecule has 0 unspecified atom stereocenters. The third-order valence-corrected chi connectivity index (χ3v) is 3.37. The van der Waals surface area contributed by atoms with Crippen LogP contribution < -0.4 is 10.6 Å². The molecule has 1 saturated carbocycles. The van der Waals surface area contributed by atoms with E-state index in [4.69, 9.17) is 11.6 Å². The van der Waals surface area contributed by atoms with Crippen molar-refractivity contribution in [2.24, 2.45) is 0 Å². The lowest BCUT2D eigenvalue weighted by Crippen LogP contribution is -2.43. The molecular formula is C13H15ClN2O2. The molecule has 96 valence electrons. The molecule has 1 aromatic carbocycles. The summed E-state index contributed by atoms with van der Waals surface area (Å²) in [5, 5.41) is 5.41. The summed E-state index contributed by atoms with van der Waals surface area (Å²) in [6.07, 6.45) is 4.22. The van der Waals surface area contributed by atoms with Crippen molar-refractivity contribution in [1.29, 1.82) is 0 Å². The Morgan fingerprint density at radius 2 is 1.83 bits per heavy atom. The lowest BCUT2D eigenvalue weighted by atomic mass is 10.2. The highest BCUT2D eigenvalue weighted by atomic mass is 35.5. The number of urea groups is 1. The third kappa shape index (κ3) is 3.23. The molecular weight excluding hydrogens is 252 g/mol. The van der Waals surface area contributed by atoms with Gasteiger partial charge in [-0.3, -0.25) is 10.1 Å². The molecule has 2 rings (SSSR count). The summed E-state index contributed by atoms with van der Waals surface area (Å²) in [7, 11) is 0. The highest BCUT2D eigenvalue weighted by Crippen LogP contribution is 2.17. The van der Waals surface area contributed by atoms with Crippen LogP contribution in [0.25, 0.3) is 0 Å². The number of hydrogen-bond donors (Lipinski definition) is 2. The molecule has 1 fully saturated rings. The van der Waals surface area contributed by atoms with E-state index >= 15 is 0 Å². The maximum atomic E-state index is 11.8. The van der Waals surface area contributed by atoms with Crippen LogP contribution in [0.15, 0.2) is 24.3 Å². The van der Waals surface area contributed by atoms with Gasteiger partial charge in [0.15, 0.2) is 0 Å². The number of benzene rings is 1. The van der Waals surface area contributed by atoms with E-state index < -0.39 is 11.9 Å². The van der Waals surface area contributed by atoms with Crippen LogP contribution in [0.1, 0.15) is 36.0 Å². The average molecular weight is 267 g/mol. The molecule has 4 nitrogen and oxygen atoms in total. The van der Waals surface area contributed by atoms with Gasteiger partial charge in [-0.1, -0.05) is 36.6 Å². The minimum Gasteiger partial charge on any atom is -0.335 e. The first-order valence-electron chi connectivity index (χ1n) is 6.03. The summed E-state index contributed by atoms with van der Waals surface area (Å²) in [6, 6.07) is 6.37. The van der Waals surface area contributed by atoms with Gasteiger partial charge in [0.2, 0.25) is 0 Å². The first-order valence-corrected chi connectivity index (χ1v) is 6.41. The van der Waals surface area contributed by atoms with Crippen molar-refractivity contribution >= 4 is 23.5 Å². The van der Waals surface area contributed by atoms with E-state index in [2.05, 4.69) is 10.6 Å². The number of carbonyl (C=O) groups excluding carboxylic acids is 2. The molecule has 0 heterocycles. The predicted molar refractivity (Wildman–Crippen MR) is 69.7 cm³/mol. The normalized spacial score (nSPS) is 15.4. The summed E-state index contributed by atoms with van der Waals surface area (Å²) >= 11 is 5.88. The van der Waals surface area contributed by atoms with Gasteiger partial charge in [-0.05, 0) is 25.0 Å². The van der Waals surface area contributed by atoms with Crippen LogP contribution in [-0.4, -0.2) is 18.0 Å². The van der Waals surface area contributed by atoms with E-state index in [0.717, 1.165) is 25.7 Å². The Kier molecular flexibility index (Phi) is 4.20. The zero-order valence-corrected chi connectivity index (χ0v) is 10.7. The lowest BCUT2D eigenvalue weighted by molar-refractivity contribution is 0.0963. The van der Waals surface area contributed by atoms with E-state index in [-0.39, 0.29) is 6.04 Å². The quantitative estimate of drug-likeness (QED) is 0.865. The van der Waals surface area contributed by atoms with Crippen molar-refractivity contribution in [3.8, 4) is 0 Å². The van der Waals surface area contributed by atoms with Gasteiger partial charge in [0.1, 0.15) is 0 Å². The molecule has 18 heavy (non-hydrogen) atoms. The number of nitrogens with one attached hydrogen (secondary N) is 2. The lowest BCUT2D eigenvalue weighted by Gasteiger charge is -2.12. The largest absolute Gasteiger partial charge is 0.335 e. The highest BCUT2D eigenvalue weighted by Gasteiger charge is 2.19. The molecule has 1 aliphatic carbocycles. The van der Waals surface area contributed by atoms with Crippen molar-refractivity contribution in [1.82, 2.24) is 10.6 Å². The molecule has 0 aromatic heterocycles. The van der Waals surface area contributed by atoms with E-state index in [1.165, 1.54) is 0 Å². The first kappa shape index (κ1) is 12.9. The van der Waals surface area contributed by atoms with Gasteiger partial charge in [-0.15, -0.1) is 0 Å². The fourth-order valence-corrected chi connectivity index (χ4v) is 2.33. The second kappa shape index (κ2) is 5.87. The van der Waals surface area contributed by atoms with Gasteiger partial charge in [0.05, 0.1) is 10.6 Å². The first-order chi connectivity index (χ1) is 8.66. The summed E-state index contributed by atoms with van der Waals surface area (Å²) in [4.78, 5) is 23.4. The van der Waals surface area contributed by atoms with Crippen molar-refractivity contribution in [2.75, 3.05) is 0 Å². The minimum absolute atomic E-state index is 0.184. The number of hydrogen-bond acceptors (Lipinski definition) is 2. The Hall–Kier alpha value is -1.55. The second-order valence-corrected chi connectivity index (χ2v) is 4.80. The Bertz CT molecular complexity index is 456. The molecule has 5 heteroatoms. The Balaban J connectivity index is 1.91. The van der Waals surface area contributed by atoms with Gasteiger partial charge >= 0.3 is 6.03 Å². The Morgan fingerprint density at radius 3 is 2.50 bits per heavy atom. The predicted octanol–water partition coefficient (Wildman–Crippen LogP) is 2.72. The van der Waals surface area contributed by atoms with Crippen molar-refractivity contribution in [3.63, 3.8) is 0 Å². The molecule has 0 aliphatic heterocycles. The molecule has 0 spiro atoms. The molecule has 2 N–H and O–H groups in total. The van der Waals surface area contributed by atoms with E-state index in [0.29, 0.717) is 10.6 Å². The Labute approximate surface area is 111 Å². The zero-order valence-electron chi connectivity index (χ0n) is 9.91. The fraction of sp³-hybridized carbons (Fsp3) is 0.385. The van der Waals surface area contributed by atoms with Crippen LogP contribution in [-0.2, 0) is 0 Å². The van der Waals surface area contributed by atoms with Gasteiger partial charge in [0.25, 0.3) is 5.91 Å². The van der Waals surface area contributed by atoms with Crippen LogP contribution in [0, 0.1) is 0 Å². The van der Waals surface area contributed by atoms with Crippen molar-refractivity contribution in [3.05, 3.63) is 34.9 Å². The second-order valence-electron chi connectivity index (χ2n) is 4.39. The number of imide groups is 1. The van der Waals surface area contributed by atoms with Crippen LogP contribution in [0.5, 0.6) is 0 Å². The topological polar surface area (TPSA) is 58.2 Å². The summed E-state index contributed by atoms with van der Waals surface area (Å²) in [5.41, 5.74) is 0.306. The fourth-order valence-electron chi connectivity index (χ4n) is 2.11. The minimum atomic E-state index is -0.476. The SMILES string of the molecule is O=C(NC(=O)c1ccccc1Cl)NC1CCCC1. The van der Waals surface area contributed by atoms with Crippen molar-refractivity contribution < 1.29 is 9.59 Å². The highest BCUT2D eigenvalue weighted by molar-refractivity contribution is 6.34. The maximum Gasteiger partial charge on any atom is 0.321 e. The molecule has 0 bridgehead atoms. The third-order valence-electron chi connectivity index (χ3n) is 3.04. The Morgan fingerprint density at radius 1 is 1.17 bits per heavy atom. The molecule has 1 aliphatic rings. The summed E-state index contributed by atoms with van der Waals surface area (Å²) in [6.45, 7) is 0. The molecule has 0 saturated heterocycles. The van der Waals surface area contributed by atoms with Gasteiger partial charge < -0.3 is 5.32 Å². The van der Waals surface area contributed by atoms with E-state index in [1.54, 1.807) is 24.3 Å². The van der Waals surface area contributed by atoms with Crippen LogP contribution in [0.3, 0.4) is 0 Å². The number of rotatable bonds is 2. The van der Waals surface area contributed by atoms with Gasteiger partial charge in [-0.25, -0.2) is 4.79 Å². The van der Waals surface area contributed by atoms with E-state index in [1.807, 2.05) is 0 Å². The molecule has 0 radical (unpaired) electrons. The van der Waals surface area contributed by atoms with Crippen LogP contribution in [0.2, 0.25) is 5.02 Å². The summed E-state index contributed by atoms with van der Waals surface area (Å²) < 4.78 is 0. The number of carbonyl (C=O) groups is 2. The van der Waals surface area contributed by atoms with E-state index in [9.17, 15) is 9.59 Å². The average Bonchev–Trinajstić information content (AvgIpc) is 2.82. The molecule has 3 amide bonds. The monoisotopic (exact) mass is 266 g/mol. The molecule has 1 aromatic rings. The number of amides is 3. The van der Waals surface area contributed by atoms with Gasteiger partial charge in [-0.2, -0.15) is 0 Å². The zero-order chi connectivity index (χ0) is 13.0. The van der Waals surface area contributed by atoms with Gasteiger partial charge in [0, 0.05) is 6.04 Å².